The molecule has 0 amide bonds. The third kappa shape index (κ3) is 2.85. The molecule has 0 aliphatic heterocycles. The molecule has 0 aliphatic rings. The standard InChI is InChI=1S/C11H17N3O2/c1-8(2)7-13(3)9-4-5-11(14(15)16)10(12)6-9/h4-6,8H,7,12H2,1-3H3. The Balaban J connectivity index is 2.92. The molecule has 0 heterocycles. The predicted molar refractivity (Wildman–Crippen MR) is 65.6 cm³/mol. The summed E-state index contributed by atoms with van der Waals surface area (Å²) in [6.45, 7) is 5.12. The first kappa shape index (κ1) is 12.3. The van der Waals surface area contributed by atoms with Gasteiger partial charge in [-0.2, -0.15) is 0 Å². The van der Waals surface area contributed by atoms with Crippen molar-refractivity contribution in [2.75, 3.05) is 24.2 Å². The van der Waals surface area contributed by atoms with Gasteiger partial charge in [-0.1, -0.05) is 13.8 Å². The largest absolute Gasteiger partial charge is 0.393 e. The van der Waals surface area contributed by atoms with Crippen LogP contribution in [0.2, 0.25) is 0 Å². The molecule has 0 saturated heterocycles. The topological polar surface area (TPSA) is 72.4 Å². The van der Waals surface area contributed by atoms with Crippen molar-refractivity contribution in [3.63, 3.8) is 0 Å². The number of nitrogens with zero attached hydrogens (tertiary/aromatic N) is 2. The molecular formula is C11H17N3O2. The molecule has 5 nitrogen and oxygen atoms in total. The number of anilines is 2. The number of hydrogen-bond acceptors (Lipinski definition) is 4. The molecule has 0 unspecified atom stereocenters. The van der Waals surface area contributed by atoms with E-state index in [0.717, 1.165) is 12.2 Å². The molecule has 1 aromatic rings. The van der Waals surface area contributed by atoms with Gasteiger partial charge in [0.15, 0.2) is 0 Å². The second-order valence-electron chi connectivity index (χ2n) is 4.27. The Morgan fingerprint density at radius 1 is 1.50 bits per heavy atom. The minimum atomic E-state index is -0.471. The SMILES string of the molecule is CC(C)CN(C)c1ccc([N+](=O)[O-])c(N)c1. The number of nitro benzene ring substituents is 1. The van der Waals surface area contributed by atoms with Crippen LogP contribution in [0, 0.1) is 16.0 Å². The second-order valence-corrected chi connectivity index (χ2v) is 4.27. The molecule has 16 heavy (non-hydrogen) atoms. The first-order valence-electron chi connectivity index (χ1n) is 5.17. The predicted octanol–water partition coefficient (Wildman–Crippen LogP) is 2.27. The maximum atomic E-state index is 10.6. The minimum Gasteiger partial charge on any atom is -0.393 e. The molecule has 0 bridgehead atoms. The van der Waals surface area contributed by atoms with Gasteiger partial charge >= 0.3 is 0 Å². The van der Waals surface area contributed by atoms with E-state index in [1.165, 1.54) is 6.07 Å². The normalized spacial score (nSPS) is 10.5. The number of nitro groups is 1. The van der Waals surface area contributed by atoms with Gasteiger partial charge in [-0.3, -0.25) is 10.1 Å². The van der Waals surface area contributed by atoms with Crippen molar-refractivity contribution < 1.29 is 4.92 Å². The number of benzene rings is 1. The van der Waals surface area contributed by atoms with Crippen molar-refractivity contribution in [3.05, 3.63) is 28.3 Å². The fraction of sp³-hybridized carbons (Fsp3) is 0.455. The lowest BCUT2D eigenvalue weighted by Crippen LogP contribution is -2.22. The Kier molecular flexibility index (Phi) is 3.71. The summed E-state index contributed by atoms with van der Waals surface area (Å²) in [4.78, 5) is 12.2. The van der Waals surface area contributed by atoms with Gasteiger partial charge in [-0.25, -0.2) is 0 Å². The molecule has 0 aromatic heterocycles. The van der Waals surface area contributed by atoms with E-state index in [9.17, 15) is 10.1 Å². The fourth-order valence-electron chi connectivity index (χ4n) is 1.60. The summed E-state index contributed by atoms with van der Waals surface area (Å²) in [6, 6.07) is 4.80. The Bertz CT molecular complexity index is 391. The van der Waals surface area contributed by atoms with Crippen molar-refractivity contribution in [3.8, 4) is 0 Å². The average molecular weight is 223 g/mol. The van der Waals surface area contributed by atoms with E-state index >= 15 is 0 Å². The molecule has 1 rings (SSSR count). The van der Waals surface area contributed by atoms with Crippen LogP contribution < -0.4 is 10.6 Å². The minimum absolute atomic E-state index is 0.0401. The first-order chi connectivity index (χ1) is 7.41. The maximum Gasteiger partial charge on any atom is 0.292 e. The van der Waals surface area contributed by atoms with Crippen LogP contribution >= 0.6 is 0 Å². The van der Waals surface area contributed by atoms with Crippen molar-refractivity contribution in [1.29, 1.82) is 0 Å². The summed E-state index contributed by atoms with van der Waals surface area (Å²) >= 11 is 0. The Morgan fingerprint density at radius 2 is 2.12 bits per heavy atom. The summed E-state index contributed by atoms with van der Waals surface area (Å²) in [5.74, 6) is 0.529. The van der Waals surface area contributed by atoms with Gasteiger partial charge in [-0.15, -0.1) is 0 Å². The summed E-state index contributed by atoms with van der Waals surface area (Å²) in [5.41, 5.74) is 6.69. The molecule has 0 saturated carbocycles. The highest BCUT2D eigenvalue weighted by Gasteiger charge is 2.12. The van der Waals surface area contributed by atoms with Crippen molar-refractivity contribution in [2.45, 2.75) is 13.8 Å². The smallest absolute Gasteiger partial charge is 0.292 e. The highest BCUT2D eigenvalue weighted by Crippen LogP contribution is 2.26. The van der Waals surface area contributed by atoms with E-state index in [4.69, 9.17) is 5.73 Å². The average Bonchev–Trinajstić information content (AvgIpc) is 2.15. The van der Waals surface area contributed by atoms with Crippen LogP contribution in [0.3, 0.4) is 0 Å². The maximum absolute atomic E-state index is 10.6. The molecule has 88 valence electrons. The lowest BCUT2D eigenvalue weighted by atomic mass is 10.2. The molecule has 0 spiro atoms. The van der Waals surface area contributed by atoms with E-state index in [0.29, 0.717) is 5.92 Å². The van der Waals surface area contributed by atoms with Crippen LogP contribution in [-0.2, 0) is 0 Å². The van der Waals surface area contributed by atoms with E-state index < -0.39 is 4.92 Å². The zero-order valence-electron chi connectivity index (χ0n) is 9.80. The summed E-state index contributed by atoms with van der Waals surface area (Å²) < 4.78 is 0. The van der Waals surface area contributed by atoms with Crippen LogP contribution in [0.25, 0.3) is 0 Å². The number of hydrogen-bond donors (Lipinski definition) is 1. The zero-order valence-corrected chi connectivity index (χ0v) is 9.80. The monoisotopic (exact) mass is 223 g/mol. The molecule has 1 aromatic carbocycles. The molecular weight excluding hydrogens is 206 g/mol. The van der Waals surface area contributed by atoms with Crippen molar-refractivity contribution in [1.82, 2.24) is 0 Å². The lowest BCUT2D eigenvalue weighted by Gasteiger charge is -2.21. The third-order valence-electron chi connectivity index (χ3n) is 2.29. The highest BCUT2D eigenvalue weighted by molar-refractivity contribution is 5.66. The van der Waals surface area contributed by atoms with Gasteiger partial charge < -0.3 is 10.6 Å². The van der Waals surface area contributed by atoms with Crippen LogP contribution in [-0.4, -0.2) is 18.5 Å². The van der Waals surface area contributed by atoms with E-state index in [-0.39, 0.29) is 11.4 Å². The van der Waals surface area contributed by atoms with Gasteiger partial charge in [0.25, 0.3) is 5.69 Å². The van der Waals surface area contributed by atoms with E-state index in [1.54, 1.807) is 12.1 Å². The van der Waals surface area contributed by atoms with Crippen LogP contribution in [0.15, 0.2) is 18.2 Å². The second kappa shape index (κ2) is 4.83. The summed E-state index contributed by atoms with van der Waals surface area (Å²) in [6.07, 6.45) is 0. The van der Waals surface area contributed by atoms with Crippen molar-refractivity contribution >= 4 is 17.1 Å². The quantitative estimate of drug-likeness (QED) is 0.483. The van der Waals surface area contributed by atoms with Crippen molar-refractivity contribution in [2.24, 2.45) is 5.92 Å². The molecule has 2 N–H and O–H groups in total. The van der Waals surface area contributed by atoms with Crippen LogP contribution in [0.5, 0.6) is 0 Å². The van der Waals surface area contributed by atoms with Gasteiger partial charge in [0.1, 0.15) is 5.69 Å². The molecule has 0 aliphatic carbocycles. The third-order valence-corrected chi connectivity index (χ3v) is 2.29. The van der Waals surface area contributed by atoms with Gasteiger partial charge in [-0.05, 0) is 18.1 Å². The fourth-order valence-corrected chi connectivity index (χ4v) is 1.60. The van der Waals surface area contributed by atoms with E-state index in [2.05, 4.69) is 13.8 Å². The van der Waals surface area contributed by atoms with Crippen LogP contribution in [0.1, 0.15) is 13.8 Å². The van der Waals surface area contributed by atoms with Crippen LogP contribution in [0.4, 0.5) is 17.1 Å². The lowest BCUT2D eigenvalue weighted by molar-refractivity contribution is -0.383. The first-order valence-corrected chi connectivity index (χ1v) is 5.17. The number of nitrogens with two attached hydrogens (primary N) is 1. The molecule has 0 fully saturated rings. The van der Waals surface area contributed by atoms with Gasteiger partial charge in [0.2, 0.25) is 0 Å². The molecule has 0 radical (unpaired) electrons. The Labute approximate surface area is 95.0 Å². The Morgan fingerprint density at radius 3 is 2.56 bits per heavy atom. The van der Waals surface area contributed by atoms with Gasteiger partial charge in [0, 0.05) is 25.3 Å². The summed E-state index contributed by atoms with van der Waals surface area (Å²) in [5, 5.41) is 10.6. The van der Waals surface area contributed by atoms with E-state index in [1.807, 2.05) is 11.9 Å². The summed E-state index contributed by atoms with van der Waals surface area (Å²) in [7, 11) is 1.95. The number of nitrogen functional groups attached to an aromatic ring is 1. The molecule has 0 atom stereocenters. The number of rotatable bonds is 4. The zero-order chi connectivity index (χ0) is 12.3. The van der Waals surface area contributed by atoms with Gasteiger partial charge in [0.05, 0.1) is 4.92 Å². The molecule has 5 heteroatoms. The Hall–Kier alpha value is -1.78. The highest BCUT2D eigenvalue weighted by atomic mass is 16.6.